The second-order valence-electron chi connectivity index (χ2n) is 6.77. The van der Waals surface area contributed by atoms with Gasteiger partial charge in [0.1, 0.15) is 17.3 Å². The van der Waals surface area contributed by atoms with Crippen molar-refractivity contribution in [2.24, 2.45) is 0 Å². The van der Waals surface area contributed by atoms with Gasteiger partial charge in [0.25, 0.3) is 0 Å². The Balaban J connectivity index is 1.66. The van der Waals surface area contributed by atoms with Crippen LogP contribution in [0.1, 0.15) is 30.5 Å². The van der Waals surface area contributed by atoms with Gasteiger partial charge in [0.15, 0.2) is 0 Å². The molecule has 0 unspecified atom stereocenters. The molecule has 0 spiro atoms. The number of morpholine rings is 1. The molecule has 0 aromatic heterocycles. The third kappa shape index (κ3) is 4.80. The van der Waals surface area contributed by atoms with E-state index in [-0.39, 0.29) is 12.2 Å². The number of aryl methyl sites for hydroxylation is 1. The summed E-state index contributed by atoms with van der Waals surface area (Å²) < 4.78 is 11.7. The fourth-order valence-corrected chi connectivity index (χ4v) is 3.37. The van der Waals surface area contributed by atoms with Crippen molar-refractivity contribution in [2.45, 2.75) is 39.6 Å². The lowest BCUT2D eigenvalue weighted by molar-refractivity contribution is -0.0472. The quantitative estimate of drug-likeness (QED) is 0.760. The summed E-state index contributed by atoms with van der Waals surface area (Å²) in [6.07, 6.45) is 0.394. The summed E-state index contributed by atoms with van der Waals surface area (Å²) in [5.74, 6) is 0.842. The number of thiocarbonyl (C=S) groups is 1. The Morgan fingerprint density at radius 1 is 1.12 bits per heavy atom. The van der Waals surface area contributed by atoms with Gasteiger partial charge in [-0.3, -0.25) is 0 Å². The lowest BCUT2D eigenvalue weighted by Gasteiger charge is -2.37. The molecule has 3 nitrogen and oxygen atoms in total. The zero-order valence-corrected chi connectivity index (χ0v) is 15.9. The molecule has 0 radical (unpaired) electrons. The molecule has 1 heterocycles. The van der Waals surface area contributed by atoms with Gasteiger partial charge in [-0.25, -0.2) is 0 Å². The van der Waals surface area contributed by atoms with Crippen molar-refractivity contribution in [3.8, 4) is 5.75 Å². The molecule has 1 aliphatic heterocycles. The van der Waals surface area contributed by atoms with Crippen LogP contribution in [-0.2, 0) is 11.3 Å². The van der Waals surface area contributed by atoms with E-state index in [1.165, 1.54) is 5.56 Å². The first-order chi connectivity index (χ1) is 12.0. The molecule has 0 aliphatic carbocycles. The molecule has 25 heavy (non-hydrogen) atoms. The fraction of sp³-hybridized carbons (Fsp3) is 0.381. The van der Waals surface area contributed by atoms with Crippen molar-refractivity contribution in [3.05, 3.63) is 65.2 Å². The molecule has 0 bridgehead atoms. The van der Waals surface area contributed by atoms with Crippen molar-refractivity contribution in [2.75, 3.05) is 13.1 Å². The second kappa shape index (κ2) is 7.98. The summed E-state index contributed by atoms with van der Waals surface area (Å²) in [6, 6.07) is 16.5. The molecule has 132 valence electrons. The minimum Gasteiger partial charge on any atom is -0.489 e. The smallest absolute Gasteiger partial charge is 0.120 e. The number of nitrogens with zero attached hydrogens (tertiary/aromatic N) is 1. The lowest BCUT2D eigenvalue weighted by atomic mass is 10.1. The van der Waals surface area contributed by atoms with E-state index >= 15 is 0 Å². The molecule has 1 fully saturated rings. The van der Waals surface area contributed by atoms with Crippen LogP contribution in [0.4, 0.5) is 0 Å². The van der Waals surface area contributed by atoms with Gasteiger partial charge in [-0.1, -0.05) is 54.2 Å². The number of benzene rings is 2. The maximum atomic E-state index is 5.95. The van der Waals surface area contributed by atoms with Crippen LogP contribution in [0.5, 0.6) is 5.75 Å². The lowest BCUT2D eigenvalue weighted by Crippen LogP contribution is -2.47. The summed E-state index contributed by atoms with van der Waals surface area (Å²) in [5.41, 5.74) is 3.44. The van der Waals surface area contributed by atoms with Crippen molar-refractivity contribution < 1.29 is 9.47 Å². The van der Waals surface area contributed by atoms with Crippen LogP contribution < -0.4 is 4.74 Å². The summed E-state index contributed by atoms with van der Waals surface area (Å²) in [7, 11) is 0. The van der Waals surface area contributed by atoms with Gasteiger partial charge in [0.05, 0.1) is 12.2 Å². The van der Waals surface area contributed by atoms with Crippen molar-refractivity contribution >= 4 is 17.2 Å². The molecule has 2 atom stereocenters. The summed E-state index contributed by atoms with van der Waals surface area (Å²) >= 11 is 5.71. The third-order valence-electron chi connectivity index (χ3n) is 4.31. The predicted octanol–water partition coefficient (Wildman–Crippen LogP) is 4.36. The third-order valence-corrected chi connectivity index (χ3v) is 4.81. The van der Waals surface area contributed by atoms with Gasteiger partial charge in [-0.05, 0) is 38.5 Å². The van der Waals surface area contributed by atoms with Crippen LogP contribution in [0.3, 0.4) is 0 Å². The molecule has 0 N–H and O–H groups in total. The molecular formula is C21H25NO2S. The molecule has 4 heteroatoms. The highest BCUT2D eigenvalue weighted by Gasteiger charge is 2.24. The van der Waals surface area contributed by atoms with E-state index in [0.29, 0.717) is 6.61 Å². The first-order valence-corrected chi connectivity index (χ1v) is 9.15. The van der Waals surface area contributed by atoms with E-state index in [9.17, 15) is 0 Å². The van der Waals surface area contributed by atoms with Gasteiger partial charge in [0, 0.05) is 18.7 Å². The Morgan fingerprint density at radius 2 is 1.80 bits per heavy atom. The monoisotopic (exact) mass is 355 g/mol. The van der Waals surface area contributed by atoms with Crippen LogP contribution in [0.25, 0.3) is 0 Å². The molecule has 0 saturated carbocycles. The maximum Gasteiger partial charge on any atom is 0.120 e. The highest BCUT2D eigenvalue weighted by Crippen LogP contribution is 2.20. The molecule has 1 aliphatic rings. The Labute approximate surface area is 155 Å². The van der Waals surface area contributed by atoms with E-state index in [2.05, 4.69) is 49.9 Å². The Hall–Kier alpha value is -1.91. The van der Waals surface area contributed by atoms with Crippen molar-refractivity contribution in [1.82, 2.24) is 4.90 Å². The van der Waals surface area contributed by atoms with Crippen LogP contribution >= 0.6 is 12.2 Å². The molecule has 3 rings (SSSR count). The summed E-state index contributed by atoms with van der Waals surface area (Å²) in [4.78, 5) is 3.09. The fourth-order valence-electron chi connectivity index (χ4n) is 3.10. The average Bonchev–Trinajstić information content (AvgIpc) is 2.60. The Bertz CT molecular complexity index is 719. The minimum absolute atomic E-state index is 0.197. The molecule has 0 amide bonds. The SMILES string of the molecule is Cc1ccc(COc2cccc(C(=S)N3C[C@@H](C)O[C@H](C)C3)c2)cc1. The average molecular weight is 356 g/mol. The van der Waals surface area contributed by atoms with Crippen LogP contribution in [0, 0.1) is 6.92 Å². The molecular weight excluding hydrogens is 330 g/mol. The molecule has 2 aromatic rings. The highest BCUT2D eigenvalue weighted by molar-refractivity contribution is 7.80. The van der Waals surface area contributed by atoms with E-state index in [0.717, 1.165) is 35.0 Å². The summed E-state index contributed by atoms with van der Waals surface area (Å²) in [6.45, 7) is 8.48. The number of ether oxygens (including phenoxy) is 2. The summed E-state index contributed by atoms with van der Waals surface area (Å²) in [5, 5.41) is 0. The van der Waals surface area contributed by atoms with Gasteiger partial charge in [0.2, 0.25) is 0 Å². The largest absolute Gasteiger partial charge is 0.489 e. The standard InChI is InChI=1S/C21H25NO2S/c1-15-7-9-18(10-8-15)14-23-20-6-4-5-19(11-20)21(25)22-12-16(2)24-17(3)13-22/h4-11,16-17H,12-14H2,1-3H3/t16-,17-/m1/s1. The predicted molar refractivity (Wildman–Crippen MR) is 105 cm³/mol. The van der Waals surface area contributed by atoms with E-state index in [1.54, 1.807) is 0 Å². The number of hydrogen-bond acceptors (Lipinski definition) is 3. The Morgan fingerprint density at radius 3 is 2.48 bits per heavy atom. The normalized spacial score (nSPS) is 20.4. The zero-order valence-electron chi connectivity index (χ0n) is 15.1. The first-order valence-electron chi connectivity index (χ1n) is 8.74. The van der Waals surface area contributed by atoms with Gasteiger partial charge >= 0.3 is 0 Å². The van der Waals surface area contributed by atoms with Crippen LogP contribution in [0.2, 0.25) is 0 Å². The second-order valence-corrected chi connectivity index (χ2v) is 7.16. The minimum atomic E-state index is 0.197. The molecule has 2 aromatic carbocycles. The Kier molecular flexibility index (Phi) is 5.71. The molecule has 1 saturated heterocycles. The van der Waals surface area contributed by atoms with E-state index in [1.807, 2.05) is 24.3 Å². The van der Waals surface area contributed by atoms with E-state index in [4.69, 9.17) is 21.7 Å². The first kappa shape index (κ1) is 17.9. The van der Waals surface area contributed by atoms with E-state index < -0.39 is 0 Å². The number of hydrogen-bond donors (Lipinski definition) is 0. The van der Waals surface area contributed by atoms with Gasteiger partial charge < -0.3 is 14.4 Å². The van der Waals surface area contributed by atoms with Crippen molar-refractivity contribution in [1.29, 1.82) is 0 Å². The number of rotatable bonds is 4. The van der Waals surface area contributed by atoms with Crippen LogP contribution in [-0.4, -0.2) is 35.2 Å². The van der Waals surface area contributed by atoms with Gasteiger partial charge in [-0.15, -0.1) is 0 Å². The van der Waals surface area contributed by atoms with Crippen molar-refractivity contribution in [3.63, 3.8) is 0 Å². The topological polar surface area (TPSA) is 21.7 Å². The van der Waals surface area contributed by atoms with Crippen LogP contribution in [0.15, 0.2) is 48.5 Å². The maximum absolute atomic E-state index is 5.95. The highest BCUT2D eigenvalue weighted by atomic mass is 32.1. The zero-order chi connectivity index (χ0) is 17.8. The van der Waals surface area contributed by atoms with Gasteiger partial charge in [-0.2, -0.15) is 0 Å².